The van der Waals surface area contributed by atoms with Gasteiger partial charge in [0.15, 0.2) is 0 Å². The Balaban J connectivity index is 1.97. The summed E-state index contributed by atoms with van der Waals surface area (Å²) in [6.07, 6.45) is 3.08. The average molecular weight is 366 g/mol. The molecule has 0 fully saturated rings. The number of anilines is 1. The fourth-order valence-corrected chi connectivity index (χ4v) is 3.08. The number of nitrogens with zero attached hydrogens (tertiary/aromatic N) is 2. The lowest BCUT2D eigenvalue weighted by molar-refractivity contribution is 0.316. The summed E-state index contributed by atoms with van der Waals surface area (Å²) in [5.41, 5.74) is 0.330. The Labute approximate surface area is 150 Å². The molecule has 0 radical (unpaired) electrons. The Morgan fingerprint density at radius 1 is 1.40 bits per heavy atom. The molecular formula is C18H21ClFN3O2. The van der Waals surface area contributed by atoms with Gasteiger partial charge in [-0.1, -0.05) is 11.6 Å². The molecular weight excluding hydrogens is 345 g/mol. The third-order valence-corrected chi connectivity index (χ3v) is 4.49. The first-order valence-electron chi connectivity index (χ1n) is 8.24. The van der Waals surface area contributed by atoms with Crippen LogP contribution in [0, 0.1) is 5.82 Å². The Morgan fingerprint density at radius 2 is 2.16 bits per heavy atom. The van der Waals surface area contributed by atoms with Crippen LogP contribution in [0.2, 0.25) is 5.02 Å². The van der Waals surface area contributed by atoms with Gasteiger partial charge in [0.25, 0.3) is 5.56 Å². The lowest BCUT2D eigenvalue weighted by Crippen LogP contribution is -2.36. The van der Waals surface area contributed by atoms with Gasteiger partial charge in [-0.25, -0.2) is 9.07 Å². The van der Waals surface area contributed by atoms with Crippen LogP contribution >= 0.6 is 11.6 Å². The predicted octanol–water partition coefficient (Wildman–Crippen LogP) is 4.12. The molecule has 134 valence electrons. The van der Waals surface area contributed by atoms with E-state index < -0.39 is 5.54 Å². The van der Waals surface area contributed by atoms with Gasteiger partial charge in [-0.3, -0.25) is 4.79 Å². The molecule has 1 unspecified atom stereocenters. The first kappa shape index (κ1) is 17.7. The van der Waals surface area contributed by atoms with Crippen molar-refractivity contribution in [1.29, 1.82) is 0 Å². The van der Waals surface area contributed by atoms with E-state index in [9.17, 15) is 9.18 Å². The Kier molecular flexibility index (Phi) is 4.73. The van der Waals surface area contributed by atoms with Gasteiger partial charge in [0.05, 0.1) is 30.1 Å². The van der Waals surface area contributed by atoms with E-state index in [1.807, 2.05) is 20.8 Å². The zero-order valence-corrected chi connectivity index (χ0v) is 15.2. The predicted molar refractivity (Wildman–Crippen MR) is 96.0 cm³/mol. The van der Waals surface area contributed by atoms with Gasteiger partial charge in [-0.2, -0.15) is 5.10 Å². The van der Waals surface area contributed by atoms with Crippen LogP contribution in [0.3, 0.4) is 0 Å². The summed E-state index contributed by atoms with van der Waals surface area (Å²) in [7, 11) is 0. The number of rotatable bonds is 2. The number of fused-ring (bicyclic) bond motifs is 1. The topological polar surface area (TPSA) is 56.1 Å². The van der Waals surface area contributed by atoms with E-state index in [1.165, 1.54) is 16.8 Å². The van der Waals surface area contributed by atoms with E-state index in [2.05, 4.69) is 10.4 Å². The summed E-state index contributed by atoms with van der Waals surface area (Å²) >= 11 is 6.28. The molecule has 1 aromatic carbocycles. The van der Waals surface area contributed by atoms with Crippen LogP contribution in [0.4, 0.5) is 10.1 Å². The normalized spacial score (nSPS) is 17.4. The number of hydrogen-bond donors (Lipinski definition) is 1. The van der Waals surface area contributed by atoms with Crippen LogP contribution in [0.25, 0.3) is 0 Å². The van der Waals surface area contributed by atoms with Crippen LogP contribution < -0.4 is 15.6 Å². The summed E-state index contributed by atoms with van der Waals surface area (Å²) in [5, 5.41) is 7.54. The molecule has 3 rings (SSSR count). The summed E-state index contributed by atoms with van der Waals surface area (Å²) in [6, 6.07) is 4.25. The van der Waals surface area contributed by atoms with E-state index in [4.69, 9.17) is 16.3 Å². The van der Waals surface area contributed by atoms with Gasteiger partial charge in [-0.05, 0) is 51.8 Å². The number of ether oxygens (including phenoxy) is 1. The molecule has 25 heavy (non-hydrogen) atoms. The minimum absolute atomic E-state index is 0.0769. The summed E-state index contributed by atoms with van der Waals surface area (Å²) < 4.78 is 20.7. The van der Waals surface area contributed by atoms with Crippen LogP contribution in [-0.2, 0) is 5.54 Å². The molecule has 0 amide bonds. The lowest BCUT2D eigenvalue weighted by Gasteiger charge is -2.23. The summed E-state index contributed by atoms with van der Waals surface area (Å²) in [4.78, 5) is 12.5. The Bertz CT molecular complexity index is 845. The Hall–Kier alpha value is -2.08. The fraction of sp³-hybridized carbons (Fsp3) is 0.444. The molecule has 1 aliphatic heterocycles. The quantitative estimate of drug-likeness (QED) is 0.869. The highest BCUT2D eigenvalue weighted by molar-refractivity contribution is 6.32. The smallest absolute Gasteiger partial charge is 0.288 e. The monoisotopic (exact) mass is 365 g/mol. The first-order chi connectivity index (χ1) is 11.8. The second-order valence-corrected chi connectivity index (χ2v) is 7.51. The highest BCUT2D eigenvalue weighted by atomic mass is 35.5. The van der Waals surface area contributed by atoms with Gasteiger partial charge in [0.2, 0.25) is 0 Å². The molecule has 0 aliphatic carbocycles. The zero-order valence-electron chi connectivity index (χ0n) is 14.5. The number of benzene rings is 1. The van der Waals surface area contributed by atoms with Gasteiger partial charge in [0.1, 0.15) is 16.6 Å². The number of hydrogen-bond acceptors (Lipinski definition) is 4. The molecule has 0 saturated heterocycles. The molecule has 2 aromatic rings. The Morgan fingerprint density at radius 3 is 2.88 bits per heavy atom. The van der Waals surface area contributed by atoms with Crippen molar-refractivity contribution < 1.29 is 9.13 Å². The zero-order chi connectivity index (χ0) is 18.2. The number of nitrogens with one attached hydrogen (secondary N) is 1. The molecule has 7 heteroatoms. The van der Waals surface area contributed by atoms with Gasteiger partial charge in [0, 0.05) is 5.56 Å². The van der Waals surface area contributed by atoms with Crippen molar-refractivity contribution in [1.82, 2.24) is 9.78 Å². The van der Waals surface area contributed by atoms with E-state index in [-0.39, 0.29) is 22.4 Å². The third-order valence-electron chi connectivity index (χ3n) is 4.13. The minimum atomic E-state index is -0.467. The molecule has 2 heterocycles. The van der Waals surface area contributed by atoms with Crippen molar-refractivity contribution in [2.45, 2.75) is 45.2 Å². The molecule has 1 aliphatic rings. The summed E-state index contributed by atoms with van der Waals surface area (Å²) in [5.74, 6) is 0.312. The number of halogens is 2. The molecule has 0 spiro atoms. The standard InChI is InChI=1S/C18H21ClFN3O2/c1-18(2,3)23-17(24)16(19)14(10-21-23)22-13-5-4-8-25-15-7-6-11(20)9-12(13)15/h6-7,9-10,13,22H,4-5,8H2,1-3H3. The highest BCUT2D eigenvalue weighted by Gasteiger charge is 2.24. The number of aromatic nitrogens is 2. The van der Waals surface area contributed by atoms with Crippen molar-refractivity contribution in [3.05, 3.63) is 51.2 Å². The highest BCUT2D eigenvalue weighted by Crippen LogP contribution is 2.35. The van der Waals surface area contributed by atoms with Gasteiger partial charge >= 0.3 is 0 Å². The maximum atomic E-state index is 13.7. The SMILES string of the molecule is CC(C)(C)n1ncc(NC2CCCOc3ccc(F)cc32)c(Cl)c1=O. The average Bonchev–Trinajstić information content (AvgIpc) is 2.73. The van der Waals surface area contributed by atoms with E-state index in [0.717, 1.165) is 12.8 Å². The van der Waals surface area contributed by atoms with E-state index in [0.29, 0.717) is 23.6 Å². The third kappa shape index (κ3) is 3.63. The van der Waals surface area contributed by atoms with E-state index in [1.54, 1.807) is 12.3 Å². The van der Waals surface area contributed by atoms with Crippen molar-refractivity contribution in [3.63, 3.8) is 0 Å². The van der Waals surface area contributed by atoms with Crippen LogP contribution in [0.15, 0.2) is 29.2 Å². The van der Waals surface area contributed by atoms with Crippen molar-refractivity contribution >= 4 is 17.3 Å². The van der Waals surface area contributed by atoms with Crippen molar-refractivity contribution in [3.8, 4) is 5.75 Å². The van der Waals surface area contributed by atoms with Gasteiger partial charge < -0.3 is 10.1 Å². The van der Waals surface area contributed by atoms with Crippen LogP contribution in [0.1, 0.15) is 45.2 Å². The largest absolute Gasteiger partial charge is 0.493 e. The second-order valence-electron chi connectivity index (χ2n) is 7.13. The van der Waals surface area contributed by atoms with Crippen molar-refractivity contribution in [2.75, 3.05) is 11.9 Å². The molecule has 0 bridgehead atoms. The van der Waals surface area contributed by atoms with Gasteiger partial charge in [-0.15, -0.1) is 0 Å². The minimum Gasteiger partial charge on any atom is -0.493 e. The maximum absolute atomic E-state index is 13.7. The van der Waals surface area contributed by atoms with Crippen LogP contribution in [-0.4, -0.2) is 16.4 Å². The van der Waals surface area contributed by atoms with Crippen LogP contribution in [0.5, 0.6) is 5.75 Å². The van der Waals surface area contributed by atoms with Crippen molar-refractivity contribution in [2.24, 2.45) is 0 Å². The molecule has 0 saturated carbocycles. The molecule has 1 N–H and O–H groups in total. The lowest BCUT2D eigenvalue weighted by atomic mass is 10.0. The first-order valence-corrected chi connectivity index (χ1v) is 8.62. The maximum Gasteiger partial charge on any atom is 0.288 e. The fourth-order valence-electron chi connectivity index (χ4n) is 2.90. The molecule has 5 nitrogen and oxygen atoms in total. The summed E-state index contributed by atoms with van der Waals surface area (Å²) in [6.45, 7) is 6.21. The molecule has 1 atom stereocenters. The molecule has 1 aromatic heterocycles. The second kappa shape index (κ2) is 6.67. The van der Waals surface area contributed by atoms with E-state index >= 15 is 0 Å².